The number of ether oxygens (including phenoxy) is 1. The molecule has 3 aromatic carbocycles. The van der Waals surface area contributed by atoms with Crippen LogP contribution >= 0.6 is 11.6 Å². The van der Waals surface area contributed by atoms with Gasteiger partial charge < -0.3 is 14.6 Å². The molecule has 0 unspecified atom stereocenters. The van der Waals surface area contributed by atoms with Crippen molar-refractivity contribution in [2.45, 2.75) is 39.3 Å². The number of likely N-dealkylation sites (tertiary alicyclic amines) is 1. The van der Waals surface area contributed by atoms with E-state index in [4.69, 9.17) is 16.3 Å². The number of carbonyl (C=O) groups excluding carboxylic acids is 1. The molecular weight excluding hydrogens is 494 g/mol. The average molecular weight is 530 g/mol. The standard InChI is InChI=1S/C32H36ClN3O2/c1-24-17-28(10-11-29(24)33)38-23-32(19-31(37)35(2)20-25-7-4-3-5-8-25)14-6-16-36(22-32)21-26-9-12-30-27(18-26)13-15-34-30/h3-5,7-13,15,17-18,34H,6,14,16,19-23H2,1-2H3/t32-/m1/s1. The minimum atomic E-state index is -0.272. The fourth-order valence-electron chi connectivity index (χ4n) is 5.56. The zero-order valence-electron chi connectivity index (χ0n) is 22.3. The summed E-state index contributed by atoms with van der Waals surface area (Å²) in [6.07, 6.45) is 4.42. The Labute approximate surface area is 230 Å². The molecule has 1 fully saturated rings. The van der Waals surface area contributed by atoms with Crippen molar-refractivity contribution in [3.63, 3.8) is 0 Å². The van der Waals surface area contributed by atoms with Crippen LogP contribution in [-0.4, -0.2) is 47.4 Å². The Bertz CT molecular complexity index is 1390. The van der Waals surface area contributed by atoms with E-state index < -0.39 is 0 Å². The molecule has 1 saturated heterocycles. The third-order valence-corrected chi connectivity index (χ3v) is 8.08. The Balaban J connectivity index is 1.33. The van der Waals surface area contributed by atoms with Crippen molar-refractivity contribution in [3.05, 3.63) is 101 Å². The largest absolute Gasteiger partial charge is 0.493 e. The summed E-state index contributed by atoms with van der Waals surface area (Å²) in [5.74, 6) is 0.951. The summed E-state index contributed by atoms with van der Waals surface area (Å²) < 4.78 is 6.37. The summed E-state index contributed by atoms with van der Waals surface area (Å²) >= 11 is 6.24. The van der Waals surface area contributed by atoms with E-state index in [0.29, 0.717) is 19.6 Å². The predicted molar refractivity (Wildman–Crippen MR) is 154 cm³/mol. The lowest BCUT2D eigenvalue weighted by Gasteiger charge is -2.43. The molecule has 0 aliphatic carbocycles. The molecule has 1 amide bonds. The van der Waals surface area contributed by atoms with E-state index in [2.05, 4.69) is 46.3 Å². The molecule has 1 aromatic heterocycles. The lowest BCUT2D eigenvalue weighted by atomic mass is 9.77. The van der Waals surface area contributed by atoms with E-state index in [-0.39, 0.29) is 11.3 Å². The van der Waals surface area contributed by atoms with Crippen LogP contribution in [0.2, 0.25) is 5.02 Å². The van der Waals surface area contributed by atoms with Crippen molar-refractivity contribution in [2.24, 2.45) is 5.41 Å². The Kier molecular flexibility index (Phi) is 8.06. The molecule has 6 heteroatoms. The Morgan fingerprint density at radius 1 is 1.08 bits per heavy atom. The number of aromatic nitrogens is 1. The van der Waals surface area contributed by atoms with Crippen LogP contribution in [0.25, 0.3) is 10.9 Å². The number of piperidine rings is 1. The van der Waals surface area contributed by atoms with Gasteiger partial charge in [0, 0.05) is 55.3 Å². The van der Waals surface area contributed by atoms with Crippen LogP contribution in [0.3, 0.4) is 0 Å². The third-order valence-electron chi connectivity index (χ3n) is 7.65. The van der Waals surface area contributed by atoms with Crippen LogP contribution in [0.1, 0.15) is 36.0 Å². The van der Waals surface area contributed by atoms with Crippen molar-refractivity contribution >= 4 is 28.4 Å². The number of benzene rings is 3. The van der Waals surface area contributed by atoms with E-state index in [0.717, 1.165) is 59.9 Å². The topological polar surface area (TPSA) is 48.6 Å². The van der Waals surface area contributed by atoms with Crippen LogP contribution in [0.15, 0.2) is 79.0 Å². The first kappa shape index (κ1) is 26.3. The van der Waals surface area contributed by atoms with Crippen molar-refractivity contribution in [1.29, 1.82) is 0 Å². The fourth-order valence-corrected chi connectivity index (χ4v) is 5.68. The number of H-pyrrole nitrogens is 1. The highest BCUT2D eigenvalue weighted by atomic mass is 35.5. The first-order chi connectivity index (χ1) is 18.4. The van der Waals surface area contributed by atoms with E-state index in [9.17, 15) is 4.79 Å². The number of hydrogen-bond donors (Lipinski definition) is 1. The number of halogens is 1. The molecule has 0 saturated carbocycles. The van der Waals surface area contributed by atoms with Gasteiger partial charge in [0.1, 0.15) is 5.75 Å². The van der Waals surface area contributed by atoms with Gasteiger partial charge in [0.2, 0.25) is 5.91 Å². The highest BCUT2D eigenvalue weighted by Crippen LogP contribution is 2.36. The number of carbonyl (C=O) groups is 1. The molecular formula is C32H36ClN3O2. The van der Waals surface area contributed by atoms with Gasteiger partial charge in [-0.25, -0.2) is 0 Å². The van der Waals surface area contributed by atoms with Gasteiger partial charge in [-0.2, -0.15) is 0 Å². The van der Waals surface area contributed by atoms with Gasteiger partial charge in [-0.15, -0.1) is 0 Å². The van der Waals surface area contributed by atoms with Crippen molar-refractivity contribution in [1.82, 2.24) is 14.8 Å². The summed E-state index contributed by atoms with van der Waals surface area (Å²) in [5, 5.41) is 1.96. The predicted octanol–water partition coefficient (Wildman–Crippen LogP) is 6.84. The van der Waals surface area contributed by atoms with Crippen molar-refractivity contribution in [3.8, 4) is 5.75 Å². The molecule has 0 bridgehead atoms. The van der Waals surface area contributed by atoms with Gasteiger partial charge in [0.25, 0.3) is 0 Å². The van der Waals surface area contributed by atoms with Crippen molar-refractivity contribution < 1.29 is 9.53 Å². The van der Waals surface area contributed by atoms with E-state index >= 15 is 0 Å². The Morgan fingerprint density at radius 2 is 1.92 bits per heavy atom. The second-order valence-corrected chi connectivity index (χ2v) is 11.2. The molecule has 4 aromatic rings. The zero-order valence-corrected chi connectivity index (χ0v) is 23.0. The minimum absolute atomic E-state index is 0.153. The summed E-state index contributed by atoms with van der Waals surface area (Å²) in [5.41, 5.74) is 4.29. The number of hydrogen-bond acceptors (Lipinski definition) is 3. The van der Waals surface area contributed by atoms with Crippen LogP contribution < -0.4 is 4.74 Å². The molecule has 1 aliphatic heterocycles. The Hall–Kier alpha value is -3.28. The molecule has 1 aliphatic rings. The molecule has 5 nitrogen and oxygen atoms in total. The van der Waals surface area contributed by atoms with Crippen LogP contribution in [-0.2, 0) is 17.9 Å². The molecule has 2 heterocycles. The van der Waals surface area contributed by atoms with Crippen molar-refractivity contribution in [2.75, 3.05) is 26.7 Å². The van der Waals surface area contributed by atoms with E-state index in [1.54, 1.807) is 0 Å². The SMILES string of the molecule is Cc1cc(OC[C@@]2(CC(=O)N(C)Cc3ccccc3)CCCN(Cc3ccc4[nH]ccc4c3)C2)ccc1Cl. The van der Waals surface area contributed by atoms with E-state index in [1.165, 1.54) is 10.9 Å². The first-order valence-corrected chi connectivity index (χ1v) is 13.7. The summed E-state index contributed by atoms with van der Waals surface area (Å²) in [7, 11) is 1.90. The Morgan fingerprint density at radius 3 is 2.74 bits per heavy atom. The second kappa shape index (κ2) is 11.6. The molecule has 1 atom stereocenters. The monoisotopic (exact) mass is 529 g/mol. The third kappa shape index (κ3) is 6.40. The van der Waals surface area contributed by atoms with Crippen LogP contribution in [0.4, 0.5) is 0 Å². The maximum Gasteiger partial charge on any atom is 0.223 e. The zero-order chi connectivity index (χ0) is 26.5. The summed E-state index contributed by atoms with van der Waals surface area (Å²) in [6, 6.07) is 24.6. The molecule has 0 spiro atoms. The van der Waals surface area contributed by atoms with Gasteiger partial charge in [0.15, 0.2) is 0 Å². The van der Waals surface area contributed by atoms with Gasteiger partial charge in [-0.1, -0.05) is 48.0 Å². The number of aromatic amines is 1. The quantitative estimate of drug-likeness (QED) is 0.258. The normalized spacial score (nSPS) is 18.0. The van der Waals surface area contributed by atoms with Crippen LogP contribution in [0, 0.1) is 12.3 Å². The maximum atomic E-state index is 13.5. The molecule has 5 rings (SSSR count). The van der Waals surface area contributed by atoms with E-state index in [1.807, 2.05) is 61.5 Å². The lowest BCUT2D eigenvalue weighted by molar-refractivity contribution is -0.135. The second-order valence-electron chi connectivity index (χ2n) is 10.8. The number of nitrogens with zero attached hydrogens (tertiary/aromatic N) is 2. The molecule has 1 N–H and O–H groups in total. The maximum absolute atomic E-state index is 13.5. The fraction of sp³-hybridized carbons (Fsp3) is 0.344. The van der Waals surface area contributed by atoms with Gasteiger partial charge in [-0.05, 0) is 84.8 Å². The average Bonchev–Trinajstić information content (AvgIpc) is 3.38. The molecule has 0 radical (unpaired) electrons. The highest BCUT2D eigenvalue weighted by molar-refractivity contribution is 6.31. The number of amides is 1. The number of fused-ring (bicyclic) bond motifs is 1. The first-order valence-electron chi connectivity index (χ1n) is 13.3. The van der Waals surface area contributed by atoms with Gasteiger partial charge in [0.05, 0.1) is 6.61 Å². The summed E-state index contributed by atoms with van der Waals surface area (Å²) in [6.45, 7) is 5.77. The molecule has 198 valence electrons. The van der Waals surface area contributed by atoms with Gasteiger partial charge >= 0.3 is 0 Å². The number of rotatable bonds is 9. The lowest BCUT2D eigenvalue weighted by Crippen LogP contribution is -2.48. The minimum Gasteiger partial charge on any atom is -0.493 e. The number of nitrogens with one attached hydrogen (secondary N) is 1. The van der Waals surface area contributed by atoms with Crippen LogP contribution in [0.5, 0.6) is 5.75 Å². The summed E-state index contributed by atoms with van der Waals surface area (Å²) in [4.78, 5) is 21.1. The highest BCUT2D eigenvalue weighted by Gasteiger charge is 2.39. The smallest absolute Gasteiger partial charge is 0.223 e. The molecule has 38 heavy (non-hydrogen) atoms. The number of aryl methyl sites for hydroxylation is 1. The van der Waals surface area contributed by atoms with Gasteiger partial charge in [-0.3, -0.25) is 9.69 Å².